The maximum Gasteiger partial charge on any atom is 0.150 e. The highest BCUT2D eigenvalue weighted by Crippen LogP contribution is 2.03. The van der Waals surface area contributed by atoms with Crippen molar-refractivity contribution in [2.75, 3.05) is 11.5 Å². The number of Topliss-reactive ketones (excluding diaryl/α,β-unsaturated/α-hetero) is 1. The first-order chi connectivity index (χ1) is 7.27. The van der Waals surface area contributed by atoms with Gasteiger partial charge in [0.1, 0.15) is 17.9 Å². The summed E-state index contributed by atoms with van der Waals surface area (Å²) in [4.78, 5) is 15.6. The summed E-state index contributed by atoms with van der Waals surface area (Å²) in [5.41, 5.74) is 0. The molecule has 5 heteroatoms. The smallest absolute Gasteiger partial charge is 0.150 e. The Morgan fingerprint density at radius 1 is 1.53 bits per heavy atom. The van der Waals surface area contributed by atoms with E-state index in [1.807, 2.05) is 4.68 Å². The molecule has 0 spiro atoms. The number of aryl methyl sites for hydroxylation is 1. The second-order valence-electron chi connectivity index (χ2n) is 3.25. The first kappa shape index (κ1) is 12.2. The summed E-state index contributed by atoms with van der Waals surface area (Å²) in [6.07, 6.45) is 2.94. The van der Waals surface area contributed by atoms with E-state index in [1.165, 1.54) is 6.33 Å². The van der Waals surface area contributed by atoms with Crippen LogP contribution >= 0.6 is 11.8 Å². The van der Waals surface area contributed by atoms with Crippen molar-refractivity contribution in [2.24, 2.45) is 0 Å². The van der Waals surface area contributed by atoms with Gasteiger partial charge in [-0.1, -0.05) is 13.8 Å². The summed E-state index contributed by atoms with van der Waals surface area (Å²) < 4.78 is 1.81. The Bertz CT molecular complexity index is 311. The van der Waals surface area contributed by atoms with E-state index in [2.05, 4.69) is 23.9 Å². The molecule has 0 radical (unpaired) electrons. The highest BCUT2D eigenvalue weighted by atomic mass is 32.2. The van der Waals surface area contributed by atoms with Crippen LogP contribution in [0.5, 0.6) is 0 Å². The van der Waals surface area contributed by atoms with E-state index in [9.17, 15) is 4.79 Å². The third-order valence-electron chi connectivity index (χ3n) is 1.95. The number of ketones is 1. The number of carbonyl (C=O) groups is 1. The zero-order valence-corrected chi connectivity index (χ0v) is 10.1. The van der Waals surface area contributed by atoms with Crippen molar-refractivity contribution in [3.8, 4) is 0 Å². The fourth-order valence-corrected chi connectivity index (χ4v) is 1.80. The van der Waals surface area contributed by atoms with Gasteiger partial charge >= 0.3 is 0 Å². The molecular weight excluding hydrogens is 210 g/mol. The van der Waals surface area contributed by atoms with Crippen LogP contribution in [0.15, 0.2) is 6.33 Å². The second kappa shape index (κ2) is 6.61. The Morgan fingerprint density at radius 3 is 3.00 bits per heavy atom. The van der Waals surface area contributed by atoms with Crippen LogP contribution in [0.3, 0.4) is 0 Å². The summed E-state index contributed by atoms with van der Waals surface area (Å²) in [6.45, 7) is 4.97. The molecule has 0 aliphatic heterocycles. The lowest BCUT2D eigenvalue weighted by Gasteiger charge is -2.03. The van der Waals surface area contributed by atoms with E-state index in [1.54, 1.807) is 11.8 Å². The fraction of sp³-hybridized carbons (Fsp3) is 0.700. The quantitative estimate of drug-likeness (QED) is 0.709. The minimum absolute atomic E-state index is 0.229. The Balaban J connectivity index is 2.48. The largest absolute Gasteiger partial charge is 0.298 e. The van der Waals surface area contributed by atoms with Gasteiger partial charge in [-0.3, -0.25) is 4.79 Å². The topological polar surface area (TPSA) is 47.8 Å². The van der Waals surface area contributed by atoms with Gasteiger partial charge < -0.3 is 0 Å². The Labute approximate surface area is 94.5 Å². The predicted octanol–water partition coefficient (Wildman–Crippen LogP) is 1.55. The van der Waals surface area contributed by atoms with Gasteiger partial charge in [0.2, 0.25) is 0 Å². The van der Waals surface area contributed by atoms with E-state index in [4.69, 9.17) is 0 Å². The Morgan fingerprint density at radius 2 is 2.33 bits per heavy atom. The summed E-state index contributed by atoms with van der Waals surface area (Å²) in [6, 6.07) is 0. The van der Waals surface area contributed by atoms with Gasteiger partial charge in [-0.15, -0.1) is 0 Å². The molecule has 0 bridgehead atoms. The molecule has 15 heavy (non-hydrogen) atoms. The normalized spacial score (nSPS) is 10.5. The number of nitrogens with zero attached hydrogens (tertiary/aromatic N) is 3. The first-order valence-electron chi connectivity index (χ1n) is 5.24. The minimum Gasteiger partial charge on any atom is -0.298 e. The minimum atomic E-state index is 0.229. The molecule has 0 atom stereocenters. The molecule has 84 valence electrons. The highest BCUT2D eigenvalue weighted by molar-refractivity contribution is 7.99. The number of hydrogen-bond donors (Lipinski definition) is 0. The van der Waals surface area contributed by atoms with Crippen LogP contribution in [0, 0.1) is 0 Å². The molecule has 0 aliphatic carbocycles. The van der Waals surface area contributed by atoms with Crippen LogP contribution in [0.25, 0.3) is 0 Å². The van der Waals surface area contributed by atoms with Crippen molar-refractivity contribution in [1.29, 1.82) is 0 Å². The molecule has 1 heterocycles. The molecule has 1 aromatic heterocycles. The van der Waals surface area contributed by atoms with E-state index >= 15 is 0 Å². The SMILES string of the molecule is CCCn1ncnc1CC(=O)CSCC. The van der Waals surface area contributed by atoms with E-state index in [-0.39, 0.29) is 5.78 Å². The van der Waals surface area contributed by atoms with E-state index in [0.29, 0.717) is 12.2 Å². The summed E-state index contributed by atoms with van der Waals surface area (Å²) in [7, 11) is 0. The molecule has 0 saturated heterocycles. The maximum absolute atomic E-state index is 11.5. The zero-order valence-electron chi connectivity index (χ0n) is 9.27. The van der Waals surface area contributed by atoms with Crippen molar-refractivity contribution < 1.29 is 4.79 Å². The summed E-state index contributed by atoms with van der Waals surface area (Å²) in [5.74, 6) is 2.58. The van der Waals surface area contributed by atoms with Gasteiger partial charge in [0.05, 0.1) is 12.2 Å². The first-order valence-corrected chi connectivity index (χ1v) is 6.39. The monoisotopic (exact) mass is 227 g/mol. The van der Waals surface area contributed by atoms with Gasteiger partial charge in [0, 0.05) is 6.54 Å². The molecule has 1 rings (SSSR count). The number of carbonyl (C=O) groups excluding carboxylic acids is 1. The van der Waals surface area contributed by atoms with Crippen LogP contribution in [-0.4, -0.2) is 32.1 Å². The van der Waals surface area contributed by atoms with Crippen molar-refractivity contribution in [3.63, 3.8) is 0 Å². The number of hydrogen-bond acceptors (Lipinski definition) is 4. The molecule has 0 aliphatic rings. The Kier molecular flexibility index (Phi) is 5.39. The maximum atomic E-state index is 11.5. The van der Waals surface area contributed by atoms with Crippen LogP contribution in [-0.2, 0) is 17.8 Å². The molecule has 4 nitrogen and oxygen atoms in total. The third-order valence-corrected chi connectivity index (χ3v) is 2.89. The van der Waals surface area contributed by atoms with Crippen LogP contribution in [0.1, 0.15) is 26.1 Å². The molecule has 0 saturated carbocycles. The van der Waals surface area contributed by atoms with E-state index in [0.717, 1.165) is 24.5 Å². The lowest BCUT2D eigenvalue weighted by molar-refractivity contribution is -0.116. The molecule has 1 aromatic rings. The molecule has 0 N–H and O–H groups in total. The Hall–Kier alpha value is -0.840. The fourth-order valence-electron chi connectivity index (χ4n) is 1.27. The third kappa shape index (κ3) is 4.03. The lowest BCUT2D eigenvalue weighted by Crippen LogP contribution is -2.12. The summed E-state index contributed by atoms with van der Waals surface area (Å²) >= 11 is 1.65. The van der Waals surface area contributed by atoms with Crippen molar-refractivity contribution >= 4 is 17.5 Å². The summed E-state index contributed by atoms with van der Waals surface area (Å²) in [5, 5.41) is 4.09. The van der Waals surface area contributed by atoms with Crippen molar-refractivity contribution in [2.45, 2.75) is 33.2 Å². The van der Waals surface area contributed by atoms with Gasteiger partial charge in [-0.25, -0.2) is 9.67 Å². The number of rotatable bonds is 7. The second-order valence-corrected chi connectivity index (χ2v) is 4.53. The number of thioether (sulfide) groups is 1. The lowest BCUT2D eigenvalue weighted by atomic mass is 10.3. The highest BCUT2D eigenvalue weighted by Gasteiger charge is 2.09. The standard InChI is InChI=1S/C10H17N3OS/c1-3-5-13-10(11-8-12-13)6-9(14)7-15-4-2/h8H,3-7H2,1-2H3. The van der Waals surface area contributed by atoms with Crippen LogP contribution < -0.4 is 0 Å². The average molecular weight is 227 g/mol. The van der Waals surface area contributed by atoms with Gasteiger partial charge in [-0.05, 0) is 12.2 Å². The van der Waals surface area contributed by atoms with Gasteiger partial charge in [0.15, 0.2) is 0 Å². The van der Waals surface area contributed by atoms with E-state index < -0.39 is 0 Å². The van der Waals surface area contributed by atoms with Gasteiger partial charge in [-0.2, -0.15) is 16.9 Å². The van der Waals surface area contributed by atoms with Crippen molar-refractivity contribution in [1.82, 2.24) is 14.8 Å². The molecule has 0 amide bonds. The molecular formula is C10H17N3OS. The number of aromatic nitrogens is 3. The molecule has 0 fully saturated rings. The van der Waals surface area contributed by atoms with Crippen LogP contribution in [0.4, 0.5) is 0 Å². The molecule has 0 aromatic carbocycles. The average Bonchev–Trinajstić information content (AvgIpc) is 2.63. The predicted molar refractivity (Wildman–Crippen MR) is 62.0 cm³/mol. The van der Waals surface area contributed by atoms with Crippen LogP contribution in [0.2, 0.25) is 0 Å². The van der Waals surface area contributed by atoms with Gasteiger partial charge in [0.25, 0.3) is 0 Å². The zero-order chi connectivity index (χ0) is 11.1. The van der Waals surface area contributed by atoms with Crippen molar-refractivity contribution in [3.05, 3.63) is 12.2 Å². The molecule has 0 unspecified atom stereocenters.